The predicted molar refractivity (Wildman–Crippen MR) is 78.8 cm³/mol. The van der Waals surface area contributed by atoms with E-state index in [9.17, 15) is 0 Å². The van der Waals surface area contributed by atoms with Crippen LogP contribution >= 0.6 is 34.5 Å². The van der Waals surface area contributed by atoms with Crippen LogP contribution in [0.1, 0.15) is 29.2 Å². The highest BCUT2D eigenvalue weighted by molar-refractivity contribution is 7.09. The van der Waals surface area contributed by atoms with Crippen molar-refractivity contribution in [2.75, 3.05) is 6.54 Å². The van der Waals surface area contributed by atoms with Crippen molar-refractivity contribution in [3.63, 3.8) is 0 Å². The van der Waals surface area contributed by atoms with Crippen molar-refractivity contribution in [3.05, 3.63) is 49.9 Å². The van der Waals surface area contributed by atoms with Gasteiger partial charge >= 0.3 is 0 Å². The van der Waals surface area contributed by atoms with E-state index in [4.69, 9.17) is 23.2 Å². The minimum Gasteiger partial charge on any atom is -0.305 e. The molecular formula is C13H14Cl2N2S. The van der Waals surface area contributed by atoms with Crippen LogP contribution < -0.4 is 5.32 Å². The first-order valence-electron chi connectivity index (χ1n) is 5.72. The van der Waals surface area contributed by atoms with Gasteiger partial charge < -0.3 is 5.32 Å². The van der Waals surface area contributed by atoms with E-state index >= 15 is 0 Å². The van der Waals surface area contributed by atoms with Crippen LogP contribution in [0.15, 0.2) is 23.6 Å². The lowest BCUT2D eigenvalue weighted by Gasteiger charge is -2.18. The first kappa shape index (κ1) is 13.8. The molecule has 1 N–H and O–H groups in total. The fraction of sp³-hybridized carbons (Fsp3) is 0.308. The van der Waals surface area contributed by atoms with Crippen molar-refractivity contribution in [2.24, 2.45) is 0 Å². The monoisotopic (exact) mass is 300 g/mol. The molecule has 2 rings (SSSR count). The zero-order valence-corrected chi connectivity index (χ0v) is 12.5. The first-order chi connectivity index (χ1) is 8.63. The summed E-state index contributed by atoms with van der Waals surface area (Å²) >= 11 is 14.0. The standard InChI is InChI=1S/C13H14Cl2N2S/c1-3-16-13(11-7-18-8(2)17-11)9-5-4-6-10(14)12(9)15/h4-7,13,16H,3H2,1-2H3. The molecular weight excluding hydrogens is 287 g/mol. The molecule has 96 valence electrons. The SMILES string of the molecule is CCNC(c1csc(C)n1)c1cccc(Cl)c1Cl. The fourth-order valence-electron chi connectivity index (χ4n) is 1.83. The number of aromatic nitrogens is 1. The Morgan fingerprint density at radius 1 is 1.39 bits per heavy atom. The Kier molecular flexibility index (Phi) is 4.62. The van der Waals surface area contributed by atoms with E-state index in [2.05, 4.69) is 22.6 Å². The maximum absolute atomic E-state index is 6.28. The van der Waals surface area contributed by atoms with Crippen LogP contribution in [0.2, 0.25) is 10.0 Å². The zero-order valence-electron chi connectivity index (χ0n) is 10.2. The molecule has 18 heavy (non-hydrogen) atoms. The van der Waals surface area contributed by atoms with Gasteiger partial charge in [0, 0.05) is 5.38 Å². The molecule has 2 nitrogen and oxygen atoms in total. The summed E-state index contributed by atoms with van der Waals surface area (Å²) < 4.78 is 0. The summed E-state index contributed by atoms with van der Waals surface area (Å²) in [5.41, 5.74) is 1.96. The van der Waals surface area contributed by atoms with E-state index in [1.165, 1.54) is 0 Å². The molecule has 0 spiro atoms. The number of halogens is 2. The number of thiazole rings is 1. The molecule has 0 saturated carbocycles. The Morgan fingerprint density at radius 2 is 2.17 bits per heavy atom. The van der Waals surface area contributed by atoms with Crippen LogP contribution in [0.4, 0.5) is 0 Å². The summed E-state index contributed by atoms with van der Waals surface area (Å²) in [6.45, 7) is 4.89. The number of nitrogens with zero attached hydrogens (tertiary/aromatic N) is 1. The Morgan fingerprint density at radius 3 is 2.78 bits per heavy atom. The number of rotatable bonds is 4. The van der Waals surface area contributed by atoms with Crippen molar-refractivity contribution < 1.29 is 0 Å². The molecule has 2 aromatic rings. The molecule has 0 fully saturated rings. The van der Waals surface area contributed by atoms with E-state index in [1.54, 1.807) is 17.4 Å². The summed E-state index contributed by atoms with van der Waals surface area (Å²) in [4.78, 5) is 4.53. The number of hydrogen-bond acceptors (Lipinski definition) is 3. The number of benzene rings is 1. The molecule has 1 heterocycles. The van der Waals surface area contributed by atoms with Gasteiger partial charge in [-0.3, -0.25) is 0 Å². The van der Waals surface area contributed by atoms with Crippen LogP contribution in [0.25, 0.3) is 0 Å². The van der Waals surface area contributed by atoms with Crippen molar-refractivity contribution in [3.8, 4) is 0 Å². The van der Waals surface area contributed by atoms with E-state index in [0.717, 1.165) is 22.8 Å². The molecule has 0 aliphatic heterocycles. The average molecular weight is 301 g/mol. The van der Waals surface area contributed by atoms with Crippen molar-refractivity contribution >= 4 is 34.5 Å². The molecule has 0 aliphatic rings. The lowest BCUT2D eigenvalue weighted by molar-refractivity contribution is 0.618. The van der Waals surface area contributed by atoms with Crippen LogP contribution in [-0.4, -0.2) is 11.5 Å². The predicted octanol–water partition coefficient (Wildman–Crippen LogP) is 4.46. The van der Waals surface area contributed by atoms with Crippen molar-refractivity contribution in [1.29, 1.82) is 0 Å². The molecule has 0 radical (unpaired) electrons. The van der Waals surface area contributed by atoms with E-state index in [0.29, 0.717) is 10.0 Å². The minimum absolute atomic E-state index is 0.00819. The van der Waals surface area contributed by atoms with E-state index in [-0.39, 0.29) is 6.04 Å². The maximum atomic E-state index is 6.28. The fourth-order valence-corrected chi connectivity index (χ4v) is 2.89. The highest BCUT2D eigenvalue weighted by atomic mass is 35.5. The molecule has 0 aliphatic carbocycles. The van der Waals surface area contributed by atoms with Gasteiger partial charge in [0.25, 0.3) is 0 Å². The summed E-state index contributed by atoms with van der Waals surface area (Å²) in [6.07, 6.45) is 0. The highest BCUT2D eigenvalue weighted by Crippen LogP contribution is 2.33. The van der Waals surface area contributed by atoms with Gasteiger partial charge in [0.15, 0.2) is 0 Å². The van der Waals surface area contributed by atoms with Crippen LogP contribution in [0.3, 0.4) is 0 Å². The summed E-state index contributed by atoms with van der Waals surface area (Å²) in [5.74, 6) is 0. The molecule has 0 amide bonds. The Balaban J connectivity index is 2.44. The highest BCUT2D eigenvalue weighted by Gasteiger charge is 2.19. The lowest BCUT2D eigenvalue weighted by Crippen LogP contribution is -2.22. The quantitative estimate of drug-likeness (QED) is 0.902. The molecule has 1 aromatic heterocycles. The largest absolute Gasteiger partial charge is 0.305 e. The number of hydrogen-bond donors (Lipinski definition) is 1. The number of aryl methyl sites for hydroxylation is 1. The maximum Gasteiger partial charge on any atom is 0.0898 e. The van der Waals surface area contributed by atoms with Gasteiger partial charge in [-0.2, -0.15) is 0 Å². The van der Waals surface area contributed by atoms with Gasteiger partial charge in [0.1, 0.15) is 0 Å². The van der Waals surface area contributed by atoms with E-state index < -0.39 is 0 Å². The van der Waals surface area contributed by atoms with Gasteiger partial charge in [0.2, 0.25) is 0 Å². The molecule has 1 atom stereocenters. The third-order valence-corrected chi connectivity index (χ3v) is 4.26. The van der Waals surface area contributed by atoms with E-state index in [1.807, 2.05) is 19.1 Å². The third-order valence-electron chi connectivity index (χ3n) is 2.63. The van der Waals surface area contributed by atoms with Gasteiger partial charge in [-0.05, 0) is 25.1 Å². The Bertz CT molecular complexity index is 540. The van der Waals surface area contributed by atoms with Gasteiger partial charge in [-0.25, -0.2) is 4.98 Å². The Labute approximate surface area is 121 Å². The summed E-state index contributed by atoms with van der Waals surface area (Å²) in [5, 5.41) is 7.67. The second-order valence-electron chi connectivity index (χ2n) is 3.93. The van der Waals surface area contributed by atoms with Gasteiger partial charge in [-0.15, -0.1) is 11.3 Å². The molecule has 0 saturated heterocycles. The molecule has 0 bridgehead atoms. The normalized spacial score (nSPS) is 12.7. The first-order valence-corrected chi connectivity index (χ1v) is 7.36. The molecule has 1 aromatic carbocycles. The van der Waals surface area contributed by atoms with Crippen LogP contribution in [0, 0.1) is 6.92 Å². The smallest absolute Gasteiger partial charge is 0.0898 e. The van der Waals surface area contributed by atoms with Crippen LogP contribution in [0.5, 0.6) is 0 Å². The zero-order chi connectivity index (χ0) is 13.1. The minimum atomic E-state index is -0.00819. The molecule has 5 heteroatoms. The van der Waals surface area contributed by atoms with Gasteiger partial charge in [-0.1, -0.05) is 42.3 Å². The third kappa shape index (κ3) is 2.86. The van der Waals surface area contributed by atoms with Crippen LogP contribution in [-0.2, 0) is 0 Å². The summed E-state index contributed by atoms with van der Waals surface area (Å²) in [7, 11) is 0. The second kappa shape index (κ2) is 6.02. The molecule has 1 unspecified atom stereocenters. The average Bonchev–Trinajstić information content (AvgIpc) is 2.77. The van der Waals surface area contributed by atoms with Gasteiger partial charge in [0.05, 0.1) is 26.8 Å². The topological polar surface area (TPSA) is 24.9 Å². The lowest BCUT2D eigenvalue weighted by atomic mass is 10.0. The Hall–Kier alpha value is -0.610. The van der Waals surface area contributed by atoms with Crippen molar-refractivity contribution in [2.45, 2.75) is 19.9 Å². The second-order valence-corrected chi connectivity index (χ2v) is 5.77. The summed E-state index contributed by atoms with van der Waals surface area (Å²) in [6, 6.07) is 5.68. The van der Waals surface area contributed by atoms with Crippen molar-refractivity contribution in [1.82, 2.24) is 10.3 Å². The number of nitrogens with one attached hydrogen (secondary N) is 1.